The van der Waals surface area contributed by atoms with Gasteiger partial charge in [-0.05, 0) is 36.4 Å². The number of nitrogens with zero attached hydrogens (tertiary/aromatic N) is 2. The van der Waals surface area contributed by atoms with Gasteiger partial charge in [0.2, 0.25) is 0 Å². The lowest BCUT2D eigenvalue weighted by Crippen LogP contribution is -2.50. The van der Waals surface area contributed by atoms with Crippen LogP contribution < -0.4 is 0 Å². The van der Waals surface area contributed by atoms with E-state index in [9.17, 15) is 18.4 Å². The Balaban J connectivity index is 1.66. The quantitative estimate of drug-likeness (QED) is 0.821. The molecule has 1 aliphatic heterocycles. The largest absolute Gasteiger partial charge is 0.335 e. The van der Waals surface area contributed by atoms with E-state index in [1.54, 1.807) is 29.2 Å². The van der Waals surface area contributed by atoms with E-state index in [-0.39, 0.29) is 24.6 Å². The maximum absolute atomic E-state index is 13.7. The first kappa shape index (κ1) is 17.4. The molecule has 1 heterocycles. The Kier molecular flexibility index (Phi) is 4.99. The number of benzene rings is 2. The van der Waals surface area contributed by atoms with E-state index < -0.39 is 17.5 Å². The topological polar surface area (TPSA) is 40.6 Å². The van der Waals surface area contributed by atoms with Crippen LogP contribution >= 0.6 is 11.6 Å². The predicted molar refractivity (Wildman–Crippen MR) is 89.6 cm³/mol. The zero-order chi connectivity index (χ0) is 18.0. The van der Waals surface area contributed by atoms with Gasteiger partial charge in [-0.3, -0.25) is 9.59 Å². The van der Waals surface area contributed by atoms with Crippen molar-refractivity contribution in [3.05, 3.63) is 70.2 Å². The third-order valence-electron chi connectivity index (χ3n) is 4.08. The fourth-order valence-corrected chi connectivity index (χ4v) is 2.94. The molecule has 1 saturated heterocycles. The van der Waals surface area contributed by atoms with Crippen LogP contribution in [0.15, 0.2) is 42.5 Å². The van der Waals surface area contributed by atoms with Crippen LogP contribution in [-0.2, 0) is 0 Å². The molecule has 0 spiro atoms. The first-order chi connectivity index (χ1) is 12.0. The molecule has 0 radical (unpaired) electrons. The second-order valence-corrected chi connectivity index (χ2v) is 6.16. The van der Waals surface area contributed by atoms with Crippen LogP contribution in [0.25, 0.3) is 0 Å². The minimum absolute atomic E-state index is 0.175. The van der Waals surface area contributed by atoms with Gasteiger partial charge in [-0.2, -0.15) is 0 Å². The Labute approximate surface area is 148 Å². The van der Waals surface area contributed by atoms with Crippen molar-refractivity contribution in [3.8, 4) is 0 Å². The highest BCUT2D eigenvalue weighted by Gasteiger charge is 2.27. The molecule has 1 aliphatic rings. The van der Waals surface area contributed by atoms with Crippen molar-refractivity contribution >= 4 is 23.4 Å². The summed E-state index contributed by atoms with van der Waals surface area (Å²) in [4.78, 5) is 27.8. The Bertz CT molecular complexity index is 820. The first-order valence-corrected chi connectivity index (χ1v) is 8.12. The summed E-state index contributed by atoms with van der Waals surface area (Å²) in [6.07, 6.45) is 0. The number of halogens is 3. The maximum Gasteiger partial charge on any atom is 0.257 e. The lowest BCUT2D eigenvalue weighted by atomic mass is 10.1. The smallest absolute Gasteiger partial charge is 0.257 e. The molecule has 0 N–H and O–H groups in total. The lowest BCUT2D eigenvalue weighted by Gasteiger charge is -2.35. The number of hydrogen-bond acceptors (Lipinski definition) is 2. The molecule has 7 heteroatoms. The van der Waals surface area contributed by atoms with Crippen LogP contribution in [0.5, 0.6) is 0 Å². The summed E-state index contributed by atoms with van der Waals surface area (Å²) >= 11 is 5.90. The van der Waals surface area contributed by atoms with Gasteiger partial charge in [-0.25, -0.2) is 8.78 Å². The lowest BCUT2D eigenvalue weighted by molar-refractivity contribution is 0.0532. The number of rotatable bonds is 2. The van der Waals surface area contributed by atoms with E-state index in [1.807, 2.05) is 0 Å². The Morgan fingerprint density at radius 1 is 0.880 bits per heavy atom. The maximum atomic E-state index is 13.7. The summed E-state index contributed by atoms with van der Waals surface area (Å²) in [5.74, 6) is -2.18. The highest BCUT2D eigenvalue weighted by atomic mass is 35.5. The molecule has 0 aliphatic carbocycles. The van der Waals surface area contributed by atoms with Crippen molar-refractivity contribution in [1.29, 1.82) is 0 Å². The summed E-state index contributed by atoms with van der Waals surface area (Å²) in [7, 11) is 0. The Hall–Kier alpha value is -2.47. The zero-order valence-electron chi connectivity index (χ0n) is 13.2. The number of amides is 2. The summed E-state index contributed by atoms with van der Waals surface area (Å²) in [6.45, 7) is 1.13. The Morgan fingerprint density at radius 3 is 2.16 bits per heavy atom. The normalized spacial score (nSPS) is 14.5. The van der Waals surface area contributed by atoms with Gasteiger partial charge in [-0.1, -0.05) is 17.7 Å². The third-order valence-corrected chi connectivity index (χ3v) is 4.32. The van der Waals surface area contributed by atoms with E-state index in [0.717, 1.165) is 18.2 Å². The average Bonchev–Trinajstić information content (AvgIpc) is 2.62. The summed E-state index contributed by atoms with van der Waals surface area (Å²) in [6, 6.07) is 9.43. The van der Waals surface area contributed by atoms with Crippen molar-refractivity contribution in [2.45, 2.75) is 0 Å². The summed E-state index contributed by atoms with van der Waals surface area (Å²) in [5, 5.41) is 0.473. The van der Waals surface area contributed by atoms with Gasteiger partial charge in [0, 0.05) is 36.8 Å². The van der Waals surface area contributed by atoms with E-state index in [4.69, 9.17) is 11.6 Å². The molecule has 1 fully saturated rings. The van der Waals surface area contributed by atoms with Crippen LogP contribution in [0.3, 0.4) is 0 Å². The molecule has 130 valence electrons. The fraction of sp³-hybridized carbons (Fsp3) is 0.222. The molecule has 25 heavy (non-hydrogen) atoms. The molecule has 0 atom stereocenters. The third kappa shape index (κ3) is 3.79. The van der Waals surface area contributed by atoms with Crippen LogP contribution in [0, 0.1) is 11.6 Å². The summed E-state index contributed by atoms with van der Waals surface area (Å²) in [5.41, 5.74) is 0.179. The molecular weight excluding hydrogens is 350 g/mol. The number of carbonyl (C=O) groups is 2. The standard InChI is InChI=1S/C18H15ClF2N2O2/c19-13-3-1-2-12(10-13)17(24)22-6-8-23(9-7-22)18(25)15-11-14(20)4-5-16(15)21/h1-5,10-11H,6-9H2. The van der Waals surface area contributed by atoms with Crippen molar-refractivity contribution in [3.63, 3.8) is 0 Å². The molecular formula is C18H15ClF2N2O2. The van der Waals surface area contributed by atoms with Gasteiger partial charge < -0.3 is 9.80 Å². The predicted octanol–water partition coefficient (Wildman–Crippen LogP) is 3.22. The number of piperazine rings is 1. The highest BCUT2D eigenvalue weighted by Crippen LogP contribution is 2.17. The SMILES string of the molecule is O=C(c1cccc(Cl)c1)N1CCN(C(=O)c2cc(F)ccc2F)CC1. The molecule has 0 aromatic heterocycles. The van der Waals surface area contributed by atoms with Gasteiger partial charge in [-0.15, -0.1) is 0 Å². The number of hydrogen-bond donors (Lipinski definition) is 0. The van der Waals surface area contributed by atoms with E-state index in [0.29, 0.717) is 23.7 Å². The molecule has 0 saturated carbocycles. The van der Waals surface area contributed by atoms with E-state index >= 15 is 0 Å². The average molecular weight is 365 g/mol. The van der Waals surface area contributed by atoms with Crippen LogP contribution in [0.4, 0.5) is 8.78 Å². The van der Waals surface area contributed by atoms with Crippen molar-refractivity contribution in [1.82, 2.24) is 9.80 Å². The second-order valence-electron chi connectivity index (χ2n) is 5.72. The molecule has 2 aromatic carbocycles. The molecule has 0 unspecified atom stereocenters. The summed E-state index contributed by atoms with van der Waals surface area (Å²) < 4.78 is 27.0. The first-order valence-electron chi connectivity index (χ1n) is 7.75. The minimum atomic E-state index is -0.760. The molecule has 3 rings (SSSR count). The van der Waals surface area contributed by atoms with Crippen LogP contribution in [0.1, 0.15) is 20.7 Å². The molecule has 4 nitrogen and oxygen atoms in total. The van der Waals surface area contributed by atoms with Crippen LogP contribution in [0.2, 0.25) is 5.02 Å². The van der Waals surface area contributed by atoms with Gasteiger partial charge in [0.1, 0.15) is 11.6 Å². The highest BCUT2D eigenvalue weighted by molar-refractivity contribution is 6.30. The van der Waals surface area contributed by atoms with Gasteiger partial charge in [0.05, 0.1) is 5.56 Å². The van der Waals surface area contributed by atoms with Crippen LogP contribution in [-0.4, -0.2) is 47.8 Å². The second kappa shape index (κ2) is 7.19. The van der Waals surface area contributed by atoms with E-state index in [1.165, 1.54) is 4.90 Å². The fourth-order valence-electron chi connectivity index (χ4n) is 2.75. The minimum Gasteiger partial charge on any atom is -0.335 e. The molecule has 0 bridgehead atoms. The monoisotopic (exact) mass is 364 g/mol. The van der Waals surface area contributed by atoms with Gasteiger partial charge in [0.15, 0.2) is 0 Å². The zero-order valence-corrected chi connectivity index (χ0v) is 14.0. The molecule has 2 amide bonds. The molecule has 2 aromatic rings. The van der Waals surface area contributed by atoms with Crippen molar-refractivity contribution in [2.24, 2.45) is 0 Å². The van der Waals surface area contributed by atoms with E-state index in [2.05, 4.69) is 0 Å². The van der Waals surface area contributed by atoms with Crippen molar-refractivity contribution < 1.29 is 18.4 Å². The van der Waals surface area contributed by atoms with Gasteiger partial charge >= 0.3 is 0 Å². The Morgan fingerprint density at radius 2 is 1.52 bits per heavy atom. The van der Waals surface area contributed by atoms with Crippen molar-refractivity contribution in [2.75, 3.05) is 26.2 Å². The van der Waals surface area contributed by atoms with Gasteiger partial charge in [0.25, 0.3) is 11.8 Å². The number of carbonyl (C=O) groups excluding carboxylic acids is 2.